The molecule has 17 heavy (non-hydrogen) atoms. The van der Waals surface area contributed by atoms with Crippen molar-refractivity contribution in [3.8, 4) is 0 Å². The molecular weight excluding hydrogens is 276 g/mol. The van der Waals surface area contributed by atoms with Crippen LogP contribution in [-0.4, -0.2) is 9.78 Å². The molecule has 0 amide bonds. The van der Waals surface area contributed by atoms with Crippen LogP contribution in [0.15, 0.2) is 36.5 Å². The van der Waals surface area contributed by atoms with Crippen molar-refractivity contribution >= 4 is 15.9 Å². The lowest BCUT2D eigenvalue weighted by molar-refractivity contribution is 0.615. The molecule has 2 aromatic rings. The van der Waals surface area contributed by atoms with Gasteiger partial charge in [-0.2, -0.15) is 5.10 Å². The quantitative estimate of drug-likeness (QED) is 0.780. The maximum absolute atomic E-state index is 4.49. The fourth-order valence-corrected chi connectivity index (χ4v) is 2.52. The minimum atomic E-state index is 0.494. The summed E-state index contributed by atoms with van der Waals surface area (Å²) in [7, 11) is 0. The highest BCUT2D eigenvalue weighted by Crippen LogP contribution is 2.22. The summed E-state index contributed by atoms with van der Waals surface area (Å²) in [5.74, 6) is 0.494. The van der Waals surface area contributed by atoms with E-state index in [0.29, 0.717) is 5.92 Å². The second-order valence-corrected chi connectivity index (χ2v) is 5.05. The summed E-state index contributed by atoms with van der Waals surface area (Å²) in [4.78, 5) is 0. The van der Waals surface area contributed by atoms with Gasteiger partial charge in [-0.1, -0.05) is 60.1 Å². The summed E-state index contributed by atoms with van der Waals surface area (Å²) in [6, 6.07) is 10.5. The number of halogens is 1. The maximum atomic E-state index is 4.49. The standard InChI is InChI=1S/C14H17BrN2/c1-11(2)14-13(8-15)9-16-17(14)10-12-6-4-3-5-7-12/h3-7,9,11H,8,10H2,1-2H3. The van der Waals surface area contributed by atoms with Gasteiger partial charge in [0.2, 0.25) is 0 Å². The number of nitrogens with zero attached hydrogens (tertiary/aromatic N) is 2. The van der Waals surface area contributed by atoms with Gasteiger partial charge in [0.25, 0.3) is 0 Å². The highest BCUT2D eigenvalue weighted by molar-refractivity contribution is 9.08. The van der Waals surface area contributed by atoms with Crippen LogP contribution in [0.5, 0.6) is 0 Å². The van der Waals surface area contributed by atoms with Crippen LogP contribution in [0.3, 0.4) is 0 Å². The number of rotatable bonds is 4. The minimum Gasteiger partial charge on any atom is -0.265 e. The third-order valence-corrected chi connectivity index (χ3v) is 3.43. The van der Waals surface area contributed by atoms with Gasteiger partial charge in [0.05, 0.1) is 12.7 Å². The first-order valence-electron chi connectivity index (χ1n) is 5.87. The fourth-order valence-electron chi connectivity index (χ4n) is 2.09. The van der Waals surface area contributed by atoms with Crippen LogP contribution >= 0.6 is 15.9 Å². The summed E-state index contributed by atoms with van der Waals surface area (Å²) < 4.78 is 2.11. The lowest BCUT2D eigenvalue weighted by Crippen LogP contribution is -2.08. The molecule has 0 saturated heterocycles. The second-order valence-electron chi connectivity index (χ2n) is 4.49. The fraction of sp³-hybridized carbons (Fsp3) is 0.357. The highest BCUT2D eigenvalue weighted by Gasteiger charge is 2.13. The summed E-state index contributed by atoms with van der Waals surface area (Å²) in [6.45, 7) is 5.27. The van der Waals surface area contributed by atoms with Gasteiger partial charge in [0.1, 0.15) is 0 Å². The second kappa shape index (κ2) is 5.50. The zero-order valence-corrected chi connectivity index (χ0v) is 11.8. The first-order chi connectivity index (χ1) is 8.22. The molecule has 0 bridgehead atoms. The monoisotopic (exact) mass is 292 g/mol. The van der Waals surface area contributed by atoms with Gasteiger partial charge in [-0.3, -0.25) is 4.68 Å². The molecule has 0 aliphatic rings. The van der Waals surface area contributed by atoms with Crippen LogP contribution in [0.1, 0.15) is 36.6 Å². The van der Waals surface area contributed by atoms with E-state index in [1.165, 1.54) is 16.8 Å². The van der Waals surface area contributed by atoms with Crippen molar-refractivity contribution < 1.29 is 0 Å². The molecule has 3 heteroatoms. The Morgan fingerprint density at radius 2 is 1.94 bits per heavy atom. The van der Waals surface area contributed by atoms with Crippen molar-refractivity contribution in [2.75, 3.05) is 0 Å². The van der Waals surface area contributed by atoms with Crippen LogP contribution in [0.4, 0.5) is 0 Å². The Morgan fingerprint density at radius 3 is 2.53 bits per heavy atom. The lowest BCUT2D eigenvalue weighted by Gasteiger charge is -2.12. The molecule has 0 unspecified atom stereocenters. The van der Waals surface area contributed by atoms with Crippen LogP contribution in [0.2, 0.25) is 0 Å². The molecule has 1 heterocycles. The third-order valence-electron chi connectivity index (χ3n) is 2.83. The van der Waals surface area contributed by atoms with Gasteiger partial charge in [-0.15, -0.1) is 0 Å². The molecule has 0 aliphatic carbocycles. The third kappa shape index (κ3) is 2.78. The molecule has 0 aliphatic heterocycles. The largest absolute Gasteiger partial charge is 0.265 e. The summed E-state index contributed by atoms with van der Waals surface area (Å²) in [5.41, 5.74) is 3.90. The number of hydrogen-bond donors (Lipinski definition) is 0. The summed E-state index contributed by atoms with van der Waals surface area (Å²) >= 11 is 3.52. The first kappa shape index (κ1) is 12.4. The highest BCUT2D eigenvalue weighted by atomic mass is 79.9. The van der Waals surface area contributed by atoms with Crippen molar-refractivity contribution in [2.45, 2.75) is 31.6 Å². The molecule has 0 N–H and O–H groups in total. The topological polar surface area (TPSA) is 17.8 Å². The maximum Gasteiger partial charge on any atom is 0.0662 e. The van der Waals surface area contributed by atoms with Crippen LogP contribution in [0, 0.1) is 0 Å². The van der Waals surface area contributed by atoms with Crippen molar-refractivity contribution in [3.05, 3.63) is 53.3 Å². The van der Waals surface area contributed by atoms with Crippen LogP contribution < -0.4 is 0 Å². The SMILES string of the molecule is CC(C)c1c(CBr)cnn1Cc1ccccc1. The molecule has 0 spiro atoms. The van der Waals surface area contributed by atoms with E-state index in [4.69, 9.17) is 0 Å². The van der Waals surface area contributed by atoms with Crippen molar-refractivity contribution in [2.24, 2.45) is 0 Å². The van der Waals surface area contributed by atoms with Gasteiger partial charge >= 0.3 is 0 Å². The first-order valence-corrected chi connectivity index (χ1v) is 6.99. The van der Waals surface area contributed by atoms with E-state index in [9.17, 15) is 0 Å². The Kier molecular flexibility index (Phi) is 4.00. The Balaban J connectivity index is 2.30. The van der Waals surface area contributed by atoms with E-state index in [1.807, 2.05) is 12.3 Å². The molecule has 1 aromatic heterocycles. The predicted octanol–water partition coefficient (Wildman–Crippen LogP) is 3.95. The average molecular weight is 293 g/mol. The average Bonchev–Trinajstić information content (AvgIpc) is 2.73. The van der Waals surface area contributed by atoms with Gasteiger partial charge in [-0.05, 0) is 11.5 Å². The molecular formula is C14H17BrN2. The van der Waals surface area contributed by atoms with E-state index in [2.05, 4.69) is 63.8 Å². The molecule has 0 radical (unpaired) electrons. The van der Waals surface area contributed by atoms with Gasteiger partial charge < -0.3 is 0 Å². The smallest absolute Gasteiger partial charge is 0.0662 e. The Morgan fingerprint density at radius 1 is 1.24 bits per heavy atom. The van der Waals surface area contributed by atoms with Crippen molar-refractivity contribution in [1.82, 2.24) is 9.78 Å². The van der Waals surface area contributed by atoms with E-state index >= 15 is 0 Å². The predicted molar refractivity (Wildman–Crippen MR) is 74.5 cm³/mol. The van der Waals surface area contributed by atoms with Gasteiger partial charge in [0, 0.05) is 16.6 Å². The van der Waals surface area contributed by atoms with E-state index < -0.39 is 0 Å². The normalized spacial score (nSPS) is 11.1. The molecule has 90 valence electrons. The molecule has 2 nitrogen and oxygen atoms in total. The number of alkyl halides is 1. The zero-order valence-electron chi connectivity index (χ0n) is 10.2. The lowest BCUT2D eigenvalue weighted by atomic mass is 10.1. The number of benzene rings is 1. The number of hydrogen-bond acceptors (Lipinski definition) is 1. The van der Waals surface area contributed by atoms with Crippen molar-refractivity contribution in [3.63, 3.8) is 0 Å². The Bertz CT molecular complexity index is 474. The van der Waals surface area contributed by atoms with E-state index in [-0.39, 0.29) is 0 Å². The van der Waals surface area contributed by atoms with Crippen LogP contribution in [-0.2, 0) is 11.9 Å². The van der Waals surface area contributed by atoms with E-state index in [1.54, 1.807) is 0 Å². The molecule has 0 atom stereocenters. The molecule has 1 aromatic carbocycles. The van der Waals surface area contributed by atoms with Gasteiger partial charge in [-0.25, -0.2) is 0 Å². The summed E-state index contributed by atoms with van der Waals surface area (Å²) in [5, 5.41) is 5.36. The Labute approximate surface area is 111 Å². The van der Waals surface area contributed by atoms with Crippen LogP contribution in [0.25, 0.3) is 0 Å². The molecule has 0 fully saturated rings. The minimum absolute atomic E-state index is 0.494. The van der Waals surface area contributed by atoms with Gasteiger partial charge in [0.15, 0.2) is 0 Å². The molecule has 2 rings (SSSR count). The Hall–Kier alpha value is -1.09. The number of aromatic nitrogens is 2. The van der Waals surface area contributed by atoms with E-state index in [0.717, 1.165) is 11.9 Å². The zero-order chi connectivity index (χ0) is 12.3. The molecule has 0 saturated carbocycles. The summed E-state index contributed by atoms with van der Waals surface area (Å²) in [6.07, 6.45) is 1.97. The van der Waals surface area contributed by atoms with Crippen molar-refractivity contribution in [1.29, 1.82) is 0 Å².